The predicted octanol–water partition coefficient (Wildman–Crippen LogP) is 1.73. The summed E-state index contributed by atoms with van der Waals surface area (Å²) in [5, 5.41) is 0. The summed E-state index contributed by atoms with van der Waals surface area (Å²) in [7, 11) is 1.38. The van der Waals surface area contributed by atoms with Crippen molar-refractivity contribution in [3.63, 3.8) is 0 Å². The fourth-order valence-corrected chi connectivity index (χ4v) is 2.47. The molecule has 5 nitrogen and oxygen atoms in total. The minimum atomic E-state index is -0.448. The van der Waals surface area contributed by atoms with Crippen LogP contribution in [0.2, 0.25) is 0 Å². The van der Waals surface area contributed by atoms with Gasteiger partial charge in [-0.1, -0.05) is 15.9 Å². The summed E-state index contributed by atoms with van der Waals surface area (Å²) >= 11 is 3.33. The molecule has 1 saturated heterocycles. The van der Waals surface area contributed by atoms with Crippen LogP contribution >= 0.6 is 15.9 Å². The summed E-state index contributed by atoms with van der Waals surface area (Å²) in [6.45, 7) is 0.594. The maximum Gasteiger partial charge on any atom is 0.266 e. The smallest absolute Gasteiger partial charge is 0.266 e. The average molecular weight is 327 g/mol. The van der Waals surface area contributed by atoms with E-state index in [-0.39, 0.29) is 11.8 Å². The van der Waals surface area contributed by atoms with Gasteiger partial charge in [0.2, 0.25) is 0 Å². The van der Waals surface area contributed by atoms with Crippen LogP contribution in [0.25, 0.3) is 0 Å². The van der Waals surface area contributed by atoms with Crippen LogP contribution in [0.1, 0.15) is 23.2 Å². The quantitative estimate of drug-likeness (QED) is 0.860. The molecule has 1 aromatic carbocycles. The molecule has 6 heteroatoms. The standard InChI is InChI=1S/C13H15BrN2O3/c1-19-15-12(17)11-3-2-8-16(11)13(18)9-4-6-10(14)7-5-9/h4-7,11H,2-3,8H2,1H3,(H,15,17). The van der Waals surface area contributed by atoms with Crippen LogP contribution in [0.5, 0.6) is 0 Å². The summed E-state index contributed by atoms with van der Waals surface area (Å²) in [4.78, 5) is 30.4. The monoisotopic (exact) mass is 326 g/mol. The Morgan fingerprint density at radius 3 is 2.68 bits per heavy atom. The van der Waals surface area contributed by atoms with Crippen LogP contribution in [0.15, 0.2) is 28.7 Å². The maximum absolute atomic E-state index is 12.4. The van der Waals surface area contributed by atoms with E-state index in [0.717, 1.165) is 10.9 Å². The fraction of sp³-hybridized carbons (Fsp3) is 0.385. The van der Waals surface area contributed by atoms with E-state index in [1.165, 1.54) is 7.11 Å². The Morgan fingerprint density at radius 1 is 1.37 bits per heavy atom. The largest absolute Gasteiger partial charge is 0.327 e. The molecule has 0 aliphatic carbocycles. The van der Waals surface area contributed by atoms with Crippen molar-refractivity contribution in [3.8, 4) is 0 Å². The number of carbonyl (C=O) groups excluding carboxylic acids is 2. The summed E-state index contributed by atoms with van der Waals surface area (Å²) in [5.74, 6) is -0.397. The summed E-state index contributed by atoms with van der Waals surface area (Å²) in [6.07, 6.45) is 1.49. The highest BCUT2D eigenvalue weighted by Gasteiger charge is 2.34. The number of nitrogens with one attached hydrogen (secondary N) is 1. The molecule has 1 heterocycles. The van der Waals surface area contributed by atoms with Gasteiger partial charge in [-0.2, -0.15) is 0 Å². The van der Waals surface area contributed by atoms with Crippen molar-refractivity contribution < 1.29 is 14.4 Å². The number of likely N-dealkylation sites (tertiary alicyclic amines) is 1. The zero-order chi connectivity index (χ0) is 13.8. The van der Waals surface area contributed by atoms with E-state index in [9.17, 15) is 9.59 Å². The molecule has 102 valence electrons. The van der Waals surface area contributed by atoms with E-state index in [2.05, 4.69) is 26.2 Å². The molecular formula is C13H15BrN2O3. The lowest BCUT2D eigenvalue weighted by atomic mass is 10.1. The number of hydrogen-bond acceptors (Lipinski definition) is 3. The third-order valence-corrected chi connectivity index (χ3v) is 3.64. The van der Waals surface area contributed by atoms with Crippen molar-refractivity contribution >= 4 is 27.7 Å². The van der Waals surface area contributed by atoms with Crippen LogP contribution in [0.3, 0.4) is 0 Å². The number of rotatable bonds is 3. The van der Waals surface area contributed by atoms with Crippen LogP contribution in [-0.4, -0.2) is 36.4 Å². The van der Waals surface area contributed by atoms with Crippen molar-refractivity contribution in [1.82, 2.24) is 10.4 Å². The second-order valence-electron chi connectivity index (χ2n) is 4.33. The topological polar surface area (TPSA) is 58.6 Å². The van der Waals surface area contributed by atoms with Gasteiger partial charge in [-0.3, -0.25) is 14.4 Å². The Balaban J connectivity index is 2.13. The molecule has 1 unspecified atom stereocenters. The summed E-state index contributed by atoms with van der Waals surface area (Å²) in [5.41, 5.74) is 2.88. The SMILES string of the molecule is CONC(=O)C1CCCN1C(=O)c1ccc(Br)cc1. The Hall–Kier alpha value is -1.40. The van der Waals surface area contributed by atoms with Crippen molar-refractivity contribution in [2.24, 2.45) is 0 Å². The van der Waals surface area contributed by atoms with Crippen molar-refractivity contribution in [2.45, 2.75) is 18.9 Å². The van der Waals surface area contributed by atoms with E-state index in [1.807, 2.05) is 12.1 Å². The number of hydrogen-bond donors (Lipinski definition) is 1. The minimum absolute atomic E-state index is 0.124. The Bertz CT molecular complexity index is 475. The van der Waals surface area contributed by atoms with Gasteiger partial charge in [-0.15, -0.1) is 0 Å². The van der Waals surface area contributed by atoms with Gasteiger partial charge in [-0.25, -0.2) is 5.48 Å². The first-order chi connectivity index (χ1) is 9.13. The lowest BCUT2D eigenvalue weighted by molar-refractivity contribution is -0.135. The molecule has 2 rings (SSSR count). The van der Waals surface area contributed by atoms with Gasteiger partial charge in [0.25, 0.3) is 11.8 Å². The number of carbonyl (C=O) groups is 2. The normalized spacial score (nSPS) is 18.4. The first-order valence-corrected chi connectivity index (χ1v) is 6.82. The summed E-state index contributed by atoms with van der Waals surface area (Å²) in [6, 6.07) is 6.67. The molecule has 0 radical (unpaired) electrons. The number of halogens is 1. The Kier molecular flexibility index (Phi) is 4.55. The van der Waals surface area contributed by atoms with Gasteiger partial charge in [0.1, 0.15) is 6.04 Å². The molecule has 0 spiro atoms. The lowest BCUT2D eigenvalue weighted by Crippen LogP contribution is -2.45. The third-order valence-electron chi connectivity index (χ3n) is 3.11. The molecule has 1 atom stereocenters. The zero-order valence-electron chi connectivity index (χ0n) is 10.6. The number of nitrogens with zero attached hydrogens (tertiary/aromatic N) is 1. The molecule has 0 aromatic heterocycles. The molecule has 2 amide bonds. The lowest BCUT2D eigenvalue weighted by Gasteiger charge is -2.23. The van der Waals surface area contributed by atoms with E-state index >= 15 is 0 Å². The molecule has 0 bridgehead atoms. The second kappa shape index (κ2) is 6.16. The highest BCUT2D eigenvalue weighted by Crippen LogP contribution is 2.21. The Morgan fingerprint density at radius 2 is 2.05 bits per heavy atom. The van der Waals surface area contributed by atoms with Crippen LogP contribution in [-0.2, 0) is 9.63 Å². The highest BCUT2D eigenvalue weighted by molar-refractivity contribution is 9.10. The molecule has 0 saturated carbocycles. The van der Waals surface area contributed by atoms with Gasteiger partial charge in [0.05, 0.1) is 7.11 Å². The van der Waals surface area contributed by atoms with E-state index < -0.39 is 6.04 Å². The van der Waals surface area contributed by atoms with Gasteiger partial charge in [0, 0.05) is 16.6 Å². The number of benzene rings is 1. The van der Waals surface area contributed by atoms with Crippen LogP contribution in [0.4, 0.5) is 0 Å². The Labute approximate surface area is 120 Å². The molecule has 1 aromatic rings. The van der Waals surface area contributed by atoms with Gasteiger partial charge >= 0.3 is 0 Å². The molecule has 1 N–H and O–H groups in total. The molecule has 19 heavy (non-hydrogen) atoms. The van der Waals surface area contributed by atoms with E-state index in [0.29, 0.717) is 18.5 Å². The second-order valence-corrected chi connectivity index (χ2v) is 5.25. The van der Waals surface area contributed by atoms with Gasteiger partial charge in [0.15, 0.2) is 0 Å². The predicted molar refractivity (Wildman–Crippen MR) is 73.4 cm³/mol. The zero-order valence-corrected chi connectivity index (χ0v) is 12.1. The summed E-state index contributed by atoms with van der Waals surface area (Å²) < 4.78 is 0.916. The van der Waals surface area contributed by atoms with Crippen LogP contribution < -0.4 is 5.48 Å². The number of amides is 2. The van der Waals surface area contributed by atoms with Crippen LogP contribution in [0, 0.1) is 0 Å². The molecule has 1 fully saturated rings. The van der Waals surface area contributed by atoms with Gasteiger partial charge in [-0.05, 0) is 37.1 Å². The van der Waals surface area contributed by atoms with Crippen molar-refractivity contribution in [2.75, 3.05) is 13.7 Å². The number of hydroxylamine groups is 1. The molecule has 1 aliphatic rings. The third kappa shape index (κ3) is 3.13. The maximum atomic E-state index is 12.4. The molecular weight excluding hydrogens is 312 g/mol. The van der Waals surface area contributed by atoms with E-state index in [1.54, 1.807) is 17.0 Å². The first-order valence-electron chi connectivity index (χ1n) is 6.03. The van der Waals surface area contributed by atoms with Crippen molar-refractivity contribution in [1.29, 1.82) is 0 Å². The average Bonchev–Trinajstić information content (AvgIpc) is 2.88. The minimum Gasteiger partial charge on any atom is -0.327 e. The first kappa shape index (κ1) is 14.0. The van der Waals surface area contributed by atoms with Crippen molar-refractivity contribution in [3.05, 3.63) is 34.3 Å². The fourth-order valence-electron chi connectivity index (χ4n) is 2.21. The highest BCUT2D eigenvalue weighted by atomic mass is 79.9. The van der Waals surface area contributed by atoms with E-state index in [4.69, 9.17) is 0 Å². The molecule has 1 aliphatic heterocycles. The van der Waals surface area contributed by atoms with Gasteiger partial charge < -0.3 is 4.90 Å².